The first-order chi connectivity index (χ1) is 8.61. The number of alkyl halides is 4. The number of nitrogens with zero attached hydrogens (tertiary/aromatic N) is 1. The highest BCUT2D eigenvalue weighted by molar-refractivity contribution is 7.89. The molecule has 0 saturated carbocycles. The van der Waals surface area contributed by atoms with Crippen LogP contribution in [0.3, 0.4) is 0 Å². The summed E-state index contributed by atoms with van der Waals surface area (Å²) < 4.78 is 66.7. The number of furan rings is 1. The number of hydrogen-bond donors (Lipinski definition) is 0. The molecule has 1 rings (SSSR count). The Morgan fingerprint density at radius 3 is 2.37 bits per heavy atom. The highest BCUT2D eigenvalue weighted by atomic mass is 35.5. The molecule has 0 aliphatic heterocycles. The van der Waals surface area contributed by atoms with E-state index >= 15 is 0 Å². The minimum absolute atomic E-state index is 0.0243. The predicted octanol–water partition coefficient (Wildman–Crippen LogP) is 2.90. The summed E-state index contributed by atoms with van der Waals surface area (Å²) >= 11 is 5.50. The van der Waals surface area contributed by atoms with Crippen molar-refractivity contribution in [3.05, 3.63) is 17.6 Å². The first-order valence-corrected chi connectivity index (χ1v) is 7.31. The Hall–Kier alpha value is -0.730. The standard InChI is InChI=1S/C10H13ClF3NO3S/c1-3-15(6-10(12,13)14)19(16,17)9-4-8(5-11)18-7(9)2/h4H,3,5-6H2,1-2H3. The molecule has 0 aliphatic carbocycles. The van der Waals surface area contributed by atoms with Crippen LogP contribution < -0.4 is 0 Å². The molecule has 0 radical (unpaired) electrons. The first kappa shape index (κ1) is 16.3. The summed E-state index contributed by atoms with van der Waals surface area (Å²) in [5, 5.41) is 0. The summed E-state index contributed by atoms with van der Waals surface area (Å²) in [6.07, 6.45) is -4.60. The number of aryl methyl sites for hydroxylation is 1. The predicted molar refractivity (Wildman–Crippen MR) is 63.5 cm³/mol. The summed E-state index contributed by atoms with van der Waals surface area (Å²) in [6.45, 7) is 0.876. The van der Waals surface area contributed by atoms with Crippen molar-refractivity contribution >= 4 is 21.6 Å². The minimum atomic E-state index is -4.60. The van der Waals surface area contributed by atoms with Gasteiger partial charge in [-0.2, -0.15) is 17.5 Å². The zero-order chi connectivity index (χ0) is 14.8. The third kappa shape index (κ3) is 3.87. The van der Waals surface area contributed by atoms with Crippen LogP contribution in [0.5, 0.6) is 0 Å². The fourth-order valence-electron chi connectivity index (χ4n) is 1.55. The number of halogens is 4. The lowest BCUT2D eigenvalue weighted by Gasteiger charge is -2.21. The summed E-state index contributed by atoms with van der Waals surface area (Å²) in [5.41, 5.74) is 0. The Morgan fingerprint density at radius 2 is 2.00 bits per heavy atom. The maximum Gasteiger partial charge on any atom is 0.402 e. The van der Waals surface area contributed by atoms with Crippen molar-refractivity contribution in [3.63, 3.8) is 0 Å². The molecule has 0 atom stereocenters. The van der Waals surface area contributed by atoms with Gasteiger partial charge in [0.2, 0.25) is 10.0 Å². The molecule has 0 N–H and O–H groups in total. The molecule has 0 saturated heterocycles. The molecule has 1 heterocycles. The van der Waals surface area contributed by atoms with E-state index < -0.39 is 22.7 Å². The fraction of sp³-hybridized carbons (Fsp3) is 0.600. The van der Waals surface area contributed by atoms with Gasteiger partial charge < -0.3 is 4.42 Å². The van der Waals surface area contributed by atoms with Crippen LogP contribution in [-0.2, 0) is 15.9 Å². The van der Waals surface area contributed by atoms with E-state index in [1.807, 2.05) is 0 Å². The Balaban J connectivity index is 3.17. The van der Waals surface area contributed by atoms with Crippen molar-refractivity contribution in [1.82, 2.24) is 4.31 Å². The Bertz CT molecular complexity index is 539. The van der Waals surface area contributed by atoms with Gasteiger partial charge in [-0.25, -0.2) is 8.42 Å². The molecule has 0 aromatic carbocycles. The van der Waals surface area contributed by atoms with Gasteiger partial charge in [0.25, 0.3) is 0 Å². The second-order valence-corrected chi connectivity index (χ2v) is 5.99. The molecule has 9 heteroatoms. The lowest BCUT2D eigenvalue weighted by Crippen LogP contribution is -2.38. The van der Waals surface area contributed by atoms with Crippen molar-refractivity contribution < 1.29 is 26.0 Å². The van der Waals surface area contributed by atoms with E-state index in [-0.39, 0.29) is 28.8 Å². The fourth-order valence-corrected chi connectivity index (χ4v) is 3.30. The van der Waals surface area contributed by atoms with Gasteiger partial charge in [-0.1, -0.05) is 6.92 Å². The number of hydrogen-bond acceptors (Lipinski definition) is 3. The lowest BCUT2D eigenvalue weighted by atomic mass is 10.4. The van der Waals surface area contributed by atoms with Gasteiger partial charge in [0.15, 0.2) is 0 Å². The topological polar surface area (TPSA) is 50.5 Å². The van der Waals surface area contributed by atoms with Crippen LogP contribution in [0.1, 0.15) is 18.4 Å². The van der Waals surface area contributed by atoms with Crippen molar-refractivity contribution in [3.8, 4) is 0 Å². The van der Waals surface area contributed by atoms with Crippen LogP contribution in [0.25, 0.3) is 0 Å². The molecule has 19 heavy (non-hydrogen) atoms. The van der Waals surface area contributed by atoms with Crippen molar-refractivity contribution in [2.24, 2.45) is 0 Å². The molecular weight excluding hydrogens is 307 g/mol. The van der Waals surface area contributed by atoms with Crippen molar-refractivity contribution in [2.45, 2.75) is 30.8 Å². The zero-order valence-electron chi connectivity index (χ0n) is 10.3. The maximum atomic E-state index is 12.4. The zero-order valence-corrected chi connectivity index (χ0v) is 11.9. The minimum Gasteiger partial charge on any atom is -0.464 e. The average molecular weight is 320 g/mol. The molecule has 0 aliphatic rings. The van der Waals surface area contributed by atoms with E-state index in [1.165, 1.54) is 13.8 Å². The van der Waals surface area contributed by atoms with E-state index in [0.717, 1.165) is 6.07 Å². The highest BCUT2D eigenvalue weighted by Crippen LogP contribution is 2.27. The monoisotopic (exact) mass is 319 g/mol. The van der Waals surface area contributed by atoms with Crippen LogP contribution in [0.4, 0.5) is 13.2 Å². The Morgan fingerprint density at radius 1 is 1.42 bits per heavy atom. The highest BCUT2D eigenvalue weighted by Gasteiger charge is 2.37. The van der Waals surface area contributed by atoms with Gasteiger partial charge in [-0.3, -0.25) is 0 Å². The van der Waals surface area contributed by atoms with Crippen LogP contribution in [-0.4, -0.2) is 32.0 Å². The van der Waals surface area contributed by atoms with E-state index in [0.29, 0.717) is 4.31 Å². The van der Waals surface area contributed by atoms with E-state index in [1.54, 1.807) is 0 Å². The van der Waals surface area contributed by atoms with Crippen LogP contribution in [0.2, 0.25) is 0 Å². The van der Waals surface area contributed by atoms with Crippen LogP contribution in [0, 0.1) is 6.92 Å². The van der Waals surface area contributed by atoms with Crippen LogP contribution >= 0.6 is 11.6 Å². The first-order valence-electron chi connectivity index (χ1n) is 5.34. The summed E-state index contributed by atoms with van der Waals surface area (Å²) in [6, 6.07) is 1.15. The molecule has 4 nitrogen and oxygen atoms in total. The molecule has 0 amide bonds. The molecule has 110 valence electrons. The third-order valence-corrected chi connectivity index (χ3v) is 4.67. The number of sulfonamides is 1. The summed E-state index contributed by atoms with van der Waals surface area (Å²) in [7, 11) is -4.24. The van der Waals surface area contributed by atoms with Gasteiger partial charge in [-0.05, 0) is 6.92 Å². The SMILES string of the molecule is CCN(CC(F)(F)F)S(=O)(=O)c1cc(CCl)oc1C. The van der Waals surface area contributed by atoms with Gasteiger partial charge in [0.05, 0.1) is 5.88 Å². The van der Waals surface area contributed by atoms with E-state index in [4.69, 9.17) is 16.0 Å². The lowest BCUT2D eigenvalue weighted by molar-refractivity contribution is -0.135. The third-order valence-electron chi connectivity index (χ3n) is 2.38. The number of rotatable bonds is 5. The molecule has 1 aromatic rings. The second-order valence-electron chi connectivity index (χ2n) is 3.81. The largest absolute Gasteiger partial charge is 0.464 e. The smallest absolute Gasteiger partial charge is 0.402 e. The van der Waals surface area contributed by atoms with Crippen molar-refractivity contribution in [1.29, 1.82) is 0 Å². The summed E-state index contributed by atoms with van der Waals surface area (Å²) in [4.78, 5) is -0.283. The molecule has 0 bridgehead atoms. The Kier molecular flexibility index (Phi) is 4.91. The summed E-state index contributed by atoms with van der Waals surface area (Å²) in [5.74, 6) is 0.166. The van der Waals surface area contributed by atoms with Gasteiger partial charge in [0, 0.05) is 12.6 Å². The van der Waals surface area contributed by atoms with E-state index in [2.05, 4.69) is 0 Å². The quantitative estimate of drug-likeness (QED) is 0.784. The van der Waals surface area contributed by atoms with E-state index in [9.17, 15) is 21.6 Å². The van der Waals surface area contributed by atoms with Gasteiger partial charge in [0.1, 0.15) is 23.0 Å². The molecular formula is C10H13ClF3NO3S. The normalized spacial score (nSPS) is 13.2. The van der Waals surface area contributed by atoms with Gasteiger partial charge >= 0.3 is 6.18 Å². The molecule has 1 aromatic heterocycles. The Labute approximate surface area is 114 Å². The average Bonchev–Trinajstić information content (AvgIpc) is 2.66. The van der Waals surface area contributed by atoms with Crippen molar-refractivity contribution in [2.75, 3.05) is 13.1 Å². The van der Waals surface area contributed by atoms with Crippen LogP contribution in [0.15, 0.2) is 15.4 Å². The second kappa shape index (κ2) is 5.72. The van der Waals surface area contributed by atoms with Gasteiger partial charge in [-0.15, -0.1) is 11.6 Å². The molecule has 0 unspecified atom stereocenters. The maximum absolute atomic E-state index is 12.4. The molecule has 0 spiro atoms. The molecule has 0 fully saturated rings.